The maximum Gasteiger partial charge on any atom is 0.193 e. The van der Waals surface area contributed by atoms with Crippen LogP contribution in [-0.2, 0) is 9.47 Å². The maximum atomic E-state index is 6.04. The van der Waals surface area contributed by atoms with E-state index in [1.165, 1.54) is 44.9 Å². The Balaban J connectivity index is 0.00000364. The SMILES string of the molecule is CCNC(=NCCC(OCC)C1CCCC1)N(C)CCC1CCOCC1.I. The Morgan fingerprint density at radius 2 is 1.89 bits per heavy atom. The molecular weight excluding hydrogens is 453 g/mol. The van der Waals surface area contributed by atoms with Gasteiger partial charge in [0.15, 0.2) is 5.96 Å². The molecule has 2 fully saturated rings. The van der Waals surface area contributed by atoms with Gasteiger partial charge in [0.05, 0.1) is 6.10 Å². The van der Waals surface area contributed by atoms with Crippen molar-refractivity contribution >= 4 is 29.9 Å². The van der Waals surface area contributed by atoms with E-state index in [0.717, 1.165) is 63.7 Å². The summed E-state index contributed by atoms with van der Waals surface area (Å²) in [5, 5.41) is 3.46. The van der Waals surface area contributed by atoms with Crippen LogP contribution in [0.3, 0.4) is 0 Å². The third kappa shape index (κ3) is 9.31. The number of aliphatic imine (C=N–C) groups is 1. The number of halogens is 1. The largest absolute Gasteiger partial charge is 0.381 e. The van der Waals surface area contributed by atoms with Crippen LogP contribution >= 0.6 is 24.0 Å². The van der Waals surface area contributed by atoms with E-state index in [9.17, 15) is 0 Å². The number of nitrogens with one attached hydrogen (secondary N) is 1. The highest BCUT2D eigenvalue weighted by Gasteiger charge is 2.25. The lowest BCUT2D eigenvalue weighted by Gasteiger charge is -2.27. The Hall–Kier alpha value is -0.0800. The topological polar surface area (TPSA) is 46.1 Å². The molecule has 27 heavy (non-hydrogen) atoms. The van der Waals surface area contributed by atoms with Crippen LogP contribution < -0.4 is 5.32 Å². The molecule has 1 saturated carbocycles. The lowest BCUT2D eigenvalue weighted by atomic mass is 9.96. The van der Waals surface area contributed by atoms with Crippen molar-refractivity contribution in [3.05, 3.63) is 0 Å². The predicted octanol–water partition coefficient (Wildman–Crippen LogP) is 4.30. The van der Waals surface area contributed by atoms with E-state index >= 15 is 0 Å². The molecule has 0 aromatic rings. The molecule has 0 bridgehead atoms. The highest BCUT2D eigenvalue weighted by atomic mass is 127. The average Bonchev–Trinajstić information content (AvgIpc) is 3.20. The molecule has 1 aliphatic heterocycles. The van der Waals surface area contributed by atoms with Crippen molar-refractivity contribution in [2.45, 2.75) is 71.3 Å². The normalized spacial score (nSPS) is 20.3. The fourth-order valence-corrected chi connectivity index (χ4v) is 4.28. The molecule has 1 saturated heterocycles. The highest BCUT2D eigenvalue weighted by Crippen LogP contribution is 2.30. The Morgan fingerprint density at radius 3 is 2.52 bits per heavy atom. The summed E-state index contributed by atoms with van der Waals surface area (Å²) in [5.74, 6) is 2.60. The molecule has 160 valence electrons. The molecule has 2 aliphatic rings. The van der Waals surface area contributed by atoms with Crippen LogP contribution in [0.1, 0.15) is 65.2 Å². The van der Waals surface area contributed by atoms with Gasteiger partial charge >= 0.3 is 0 Å². The highest BCUT2D eigenvalue weighted by molar-refractivity contribution is 14.0. The second-order valence-electron chi connectivity index (χ2n) is 7.83. The number of rotatable bonds is 10. The van der Waals surface area contributed by atoms with Gasteiger partial charge in [-0.25, -0.2) is 0 Å². The van der Waals surface area contributed by atoms with Gasteiger partial charge in [0.2, 0.25) is 0 Å². The van der Waals surface area contributed by atoms with E-state index in [2.05, 4.69) is 31.1 Å². The van der Waals surface area contributed by atoms with Crippen molar-refractivity contribution in [3.8, 4) is 0 Å². The van der Waals surface area contributed by atoms with Gasteiger partial charge in [-0.3, -0.25) is 4.99 Å². The third-order valence-corrected chi connectivity index (χ3v) is 5.89. The van der Waals surface area contributed by atoms with Crippen molar-refractivity contribution < 1.29 is 9.47 Å². The lowest BCUT2D eigenvalue weighted by molar-refractivity contribution is 0.0177. The molecule has 0 radical (unpaired) electrons. The van der Waals surface area contributed by atoms with Crippen molar-refractivity contribution in [3.63, 3.8) is 0 Å². The predicted molar refractivity (Wildman–Crippen MR) is 124 cm³/mol. The third-order valence-electron chi connectivity index (χ3n) is 5.89. The van der Waals surface area contributed by atoms with E-state index in [1.807, 2.05) is 0 Å². The van der Waals surface area contributed by atoms with Gasteiger partial charge < -0.3 is 19.7 Å². The molecule has 0 amide bonds. The van der Waals surface area contributed by atoms with Crippen LogP contribution in [-0.4, -0.2) is 63.5 Å². The van der Waals surface area contributed by atoms with Crippen molar-refractivity contribution in [2.24, 2.45) is 16.8 Å². The van der Waals surface area contributed by atoms with Crippen molar-refractivity contribution in [1.82, 2.24) is 10.2 Å². The second-order valence-corrected chi connectivity index (χ2v) is 7.83. The first-order valence-corrected chi connectivity index (χ1v) is 10.9. The Kier molecular flexibility index (Phi) is 13.7. The first-order valence-electron chi connectivity index (χ1n) is 10.9. The van der Waals surface area contributed by atoms with Crippen LogP contribution in [0.25, 0.3) is 0 Å². The minimum absolute atomic E-state index is 0. The summed E-state index contributed by atoms with van der Waals surface area (Å²) in [6.07, 6.45) is 10.5. The average molecular weight is 495 g/mol. The number of guanidine groups is 1. The number of nitrogens with zero attached hydrogens (tertiary/aromatic N) is 2. The zero-order chi connectivity index (χ0) is 18.6. The number of ether oxygens (including phenoxy) is 2. The van der Waals surface area contributed by atoms with E-state index in [-0.39, 0.29) is 24.0 Å². The standard InChI is InChI=1S/C21H41N3O2.HI/c1-4-22-21(24(3)15-11-18-12-16-25-17-13-18)23-14-10-20(26-5-2)19-8-6-7-9-19;/h18-20H,4-17H2,1-3H3,(H,22,23);1H. The first-order chi connectivity index (χ1) is 12.7. The Labute approximate surface area is 184 Å². The van der Waals surface area contributed by atoms with Crippen LogP contribution in [0.5, 0.6) is 0 Å². The Morgan fingerprint density at radius 1 is 1.19 bits per heavy atom. The smallest absolute Gasteiger partial charge is 0.193 e. The monoisotopic (exact) mass is 495 g/mol. The van der Waals surface area contributed by atoms with Crippen LogP contribution in [0.15, 0.2) is 4.99 Å². The molecule has 1 heterocycles. The summed E-state index contributed by atoms with van der Waals surface area (Å²) in [7, 11) is 2.16. The Bertz CT molecular complexity index is 397. The molecule has 0 aromatic carbocycles. The molecule has 0 aromatic heterocycles. The minimum Gasteiger partial charge on any atom is -0.381 e. The van der Waals surface area contributed by atoms with Gasteiger partial charge in [0, 0.05) is 46.5 Å². The quantitative estimate of drug-likeness (QED) is 0.279. The summed E-state index contributed by atoms with van der Waals surface area (Å²) in [5.41, 5.74) is 0. The fourth-order valence-electron chi connectivity index (χ4n) is 4.28. The minimum atomic E-state index is 0. The van der Waals surface area contributed by atoms with E-state index in [1.54, 1.807) is 0 Å². The van der Waals surface area contributed by atoms with Crippen LogP contribution in [0, 0.1) is 11.8 Å². The number of hydrogen-bond acceptors (Lipinski definition) is 3. The van der Waals surface area contributed by atoms with E-state index in [4.69, 9.17) is 14.5 Å². The molecule has 1 aliphatic carbocycles. The molecule has 5 nitrogen and oxygen atoms in total. The van der Waals surface area contributed by atoms with E-state index in [0.29, 0.717) is 6.10 Å². The second kappa shape index (κ2) is 14.9. The molecule has 1 unspecified atom stereocenters. The van der Waals surface area contributed by atoms with Crippen LogP contribution in [0.4, 0.5) is 0 Å². The van der Waals surface area contributed by atoms with Crippen molar-refractivity contribution in [1.29, 1.82) is 0 Å². The summed E-state index contributed by atoms with van der Waals surface area (Å²) in [4.78, 5) is 7.19. The maximum absolute atomic E-state index is 6.04. The van der Waals surface area contributed by atoms with Gasteiger partial charge in [-0.1, -0.05) is 12.8 Å². The van der Waals surface area contributed by atoms with Gasteiger partial charge in [-0.2, -0.15) is 0 Å². The van der Waals surface area contributed by atoms with Crippen molar-refractivity contribution in [2.75, 3.05) is 46.5 Å². The first kappa shape index (κ1) is 25.0. The number of hydrogen-bond donors (Lipinski definition) is 1. The van der Waals surface area contributed by atoms with Gasteiger partial charge in [0.1, 0.15) is 0 Å². The summed E-state index contributed by atoms with van der Waals surface area (Å²) in [6, 6.07) is 0. The molecule has 1 N–H and O–H groups in total. The summed E-state index contributed by atoms with van der Waals surface area (Å²) >= 11 is 0. The molecule has 1 atom stereocenters. The van der Waals surface area contributed by atoms with Crippen LogP contribution in [0.2, 0.25) is 0 Å². The summed E-state index contributed by atoms with van der Waals surface area (Å²) < 4.78 is 11.5. The molecule has 6 heteroatoms. The molecule has 2 rings (SSSR count). The lowest BCUT2D eigenvalue weighted by Crippen LogP contribution is -2.40. The zero-order valence-electron chi connectivity index (χ0n) is 17.8. The van der Waals surface area contributed by atoms with E-state index < -0.39 is 0 Å². The van der Waals surface area contributed by atoms with Gasteiger partial charge in [-0.15, -0.1) is 24.0 Å². The van der Waals surface area contributed by atoms with Gasteiger partial charge in [-0.05, 0) is 64.2 Å². The molecular formula is C21H42IN3O2. The zero-order valence-corrected chi connectivity index (χ0v) is 20.1. The summed E-state index contributed by atoms with van der Waals surface area (Å²) in [6.45, 7) is 9.76. The fraction of sp³-hybridized carbons (Fsp3) is 0.952. The molecule has 0 spiro atoms. The van der Waals surface area contributed by atoms with Gasteiger partial charge in [0.25, 0.3) is 0 Å².